The van der Waals surface area contributed by atoms with Crippen molar-refractivity contribution in [3.8, 4) is 0 Å². The molecule has 2 saturated heterocycles. The van der Waals surface area contributed by atoms with Gasteiger partial charge in [-0.3, -0.25) is 39.1 Å². The number of amides is 5. The van der Waals surface area contributed by atoms with E-state index < -0.39 is 35.5 Å². The Kier molecular flexibility index (Phi) is 8.83. The zero-order valence-electron chi connectivity index (χ0n) is 25.6. The number of halogens is 1. The number of thiazole rings is 1. The van der Waals surface area contributed by atoms with E-state index in [4.69, 9.17) is 4.42 Å². The third kappa shape index (κ3) is 6.48. The SMILES string of the molecule is CC(C)(C)c1cnc(CSc2cnc(NC(=O)C3CCN(Cc4ccc5c(c4F)C(=O)N(C4CCC(=O)NC4=O)C5=O)CC3)s2)o1. The highest BCUT2D eigenvalue weighted by molar-refractivity contribution is 8.00. The number of aromatic nitrogens is 2. The van der Waals surface area contributed by atoms with Crippen molar-refractivity contribution in [1.29, 1.82) is 0 Å². The molecule has 15 heteroatoms. The van der Waals surface area contributed by atoms with Gasteiger partial charge in [0.2, 0.25) is 23.6 Å². The van der Waals surface area contributed by atoms with Crippen LogP contribution in [0.15, 0.2) is 33.2 Å². The molecule has 5 amide bonds. The first kappa shape index (κ1) is 32.0. The van der Waals surface area contributed by atoms with Crippen molar-refractivity contribution < 1.29 is 32.8 Å². The van der Waals surface area contributed by atoms with Crippen molar-refractivity contribution in [2.24, 2.45) is 5.92 Å². The van der Waals surface area contributed by atoms with E-state index >= 15 is 4.39 Å². The lowest BCUT2D eigenvalue weighted by atomic mass is 9.94. The van der Waals surface area contributed by atoms with E-state index in [2.05, 4.69) is 41.4 Å². The Balaban J connectivity index is 1.00. The molecule has 2 N–H and O–H groups in total. The number of oxazole rings is 1. The van der Waals surface area contributed by atoms with Crippen molar-refractivity contribution in [3.05, 3.63) is 58.7 Å². The molecule has 3 aliphatic heterocycles. The number of thioether (sulfide) groups is 1. The van der Waals surface area contributed by atoms with Gasteiger partial charge in [-0.05, 0) is 38.4 Å². The maximum Gasteiger partial charge on any atom is 0.265 e. The maximum atomic E-state index is 15.6. The number of hydrogen-bond donors (Lipinski definition) is 2. The molecule has 242 valence electrons. The summed E-state index contributed by atoms with van der Waals surface area (Å²) in [5.74, 6) is -1.97. The normalized spacial score (nSPS) is 19.5. The molecule has 2 fully saturated rings. The number of rotatable bonds is 8. The molecule has 0 spiro atoms. The van der Waals surface area contributed by atoms with Gasteiger partial charge < -0.3 is 9.73 Å². The second-order valence-electron chi connectivity index (χ2n) is 12.6. The third-order valence-corrected chi connectivity index (χ3v) is 10.4. The summed E-state index contributed by atoms with van der Waals surface area (Å²) in [5, 5.41) is 5.57. The van der Waals surface area contributed by atoms with Crippen LogP contribution >= 0.6 is 23.1 Å². The number of anilines is 1. The van der Waals surface area contributed by atoms with Crippen LogP contribution in [0.2, 0.25) is 0 Å². The summed E-state index contributed by atoms with van der Waals surface area (Å²) in [4.78, 5) is 74.4. The van der Waals surface area contributed by atoms with E-state index in [1.54, 1.807) is 12.4 Å². The van der Waals surface area contributed by atoms with Crippen molar-refractivity contribution >= 4 is 57.8 Å². The second kappa shape index (κ2) is 12.7. The maximum absolute atomic E-state index is 15.6. The summed E-state index contributed by atoms with van der Waals surface area (Å²) >= 11 is 2.92. The molecule has 0 aliphatic carbocycles. The molecule has 0 radical (unpaired) electrons. The lowest BCUT2D eigenvalue weighted by molar-refractivity contribution is -0.136. The third-order valence-electron chi connectivity index (χ3n) is 8.32. The van der Waals surface area contributed by atoms with Gasteiger partial charge in [-0.15, -0.1) is 11.8 Å². The van der Waals surface area contributed by atoms with Crippen molar-refractivity contribution in [1.82, 2.24) is 25.1 Å². The first-order valence-electron chi connectivity index (χ1n) is 15.0. The number of fused-ring (bicyclic) bond motifs is 1. The highest BCUT2D eigenvalue weighted by Gasteiger charge is 2.46. The second-order valence-corrected chi connectivity index (χ2v) is 14.9. The van der Waals surface area contributed by atoms with Crippen LogP contribution in [-0.4, -0.2) is 68.4 Å². The van der Waals surface area contributed by atoms with Crippen LogP contribution in [0.4, 0.5) is 9.52 Å². The van der Waals surface area contributed by atoms with Gasteiger partial charge in [0.05, 0.1) is 33.5 Å². The van der Waals surface area contributed by atoms with Gasteiger partial charge in [0.1, 0.15) is 17.6 Å². The highest BCUT2D eigenvalue weighted by atomic mass is 32.2. The largest absolute Gasteiger partial charge is 0.444 e. The Bertz CT molecular complexity index is 1720. The summed E-state index contributed by atoms with van der Waals surface area (Å²) in [5.41, 5.74) is -0.308. The first-order chi connectivity index (χ1) is 21.9. The topological polar surface area (TPSA) is 155 Å². The van der Waals surface area contributed by atoms with Gasteiger partial charge in [0.15, 0.2) is 5.13 Å². The van der Waals surface area contributed by atoms with Crippen molar-refractivity contribution in [2.45, 2.75) is 74.4 Å². The molecule has 1 unspecified atom stereocenters. The minimum Gasteiger partial charge on any atom is -0.444 e. The van der Waals surface area contributed by atoms with Gasteiger partial charge in [0, 0.05) is 29.9 Å². The molecule has 12 nitrogen and oxygen atoms in total. The Hall–Kier alpha value is -3.95. The van der Waals surface area contributed by atoms with Crippen LogP contribution < -0.4 is 10.6 Å². The molecule has 1 aromatic carbocycles. The quantitative estimate of drug-likeness (QED) is 0.265. The number of likely N-dealkylation sites (tertiary alicyclic amines) is 1. The van der Waals surface area contributed by atoms with Gasteiger partial charge >= 0.3 is 0 Å². The molecule has 3 aromatic rings. The van der Waals surface area contributed by atoms with E-state index in [-0.39, 0.29) is 53.3 Å². The van der Waals surface area contributed by atoms with Crippen LogP contribution in [0.1, 0.15) is 84.4 Å². The van der Waals surface area contributed by atoms with Crippen LogP contribution in [0, 0.1) is 11.7 Å². The molecule has 6 rings (SSSR count). The molecule has 0 bridgehead atoms. The van der Waals surface area contributed by atoms with E-state index in [9.17, 15) is 24.0 Å². The molecule has 5 heterocycles. The van der Waals surface area contributed by atoms with E-state index in [0.29, 0.717) is 42.7 Å². The van der Waals surface area contributed by atoms with Gasteiger partial charge in [-0.1, -0.05) is 38.2 Å². The Labute approximate surface area is 272 Å². The Morgan fingerprint density at radius 2 is 1.87 bits per heavy atom. The first-order valence-corrected chi connectivity index (χ1v) is 16.8. The van der Waals surface area contributed by atoms with Crippen LogP contribution in [0.3, 0.4) is 0 Å². The number of hydrogen-bond acceptors (Lipinski definition) is 11. The zero-order chi connectivity index (χ0) is 32.7. The number of nitrogens with one attached hydrogen (secondary N) is 2. The summed E-state index contributed by atoms with van der Waals surface area (Å²) in [7, 11) is 0. The zero-order valence-corrected chi connectivity index (χ0v) is 27.2. The lowest BCUT2D eigenvalue weighted by Gasteiger charge is -2.31. The minimum atomic E-state index is -1.16. The van der Waals surface area contributed by atoms with E-state index in [0.717, 1.165) is 14.9 Å². The number of carbonyl (C=O) groups excluding carboxylic acids is 5. The Morgan fingerprint density at radius 3 is 2.57 bits per heavy atom. The summed E-state index contributed by atoms with van der Waals surface area (Å²) in [6.07, 6.45) is 4.58. The minimum absolute atomic E-state index is 0.00213. The molecular weight excluding hydrogens is 636 g/mol. The number of nitrogens with zero attached hydrogens (tertiary/aromatic N) is 4. The fraction of sp³-hybridized carbons (Fsp3) is 0.452. The predicted octanol–water partition coefficient (Wildman–Crippen LogP) is 4.11. The fourth-order valence-electron chi connectivity index (χ4n) is 5.72. The Morgan fingerprint density at radius 1 is 1.11 bits per heavy atom. The molecule has 0 saturated carbocycles. The highest BCUT2D eigenvalue weighted by Crippen LogP contribution is 2.34. The summed E-state index contributed by atoms with van der Waals surface area (Å²) in [6, 6.07) is 1.73. The number of benzene rings is 1. The lowest BCUT2D eigenvalue weighted by Crippen LogP contribution is -2.54. The van der Waals surface area contributed by atoms with Crippen molar-refractivity contribution in [2.75, 3.05) is 18.4 Å². The predicted molar refractivity (Wildman–Crippen MR) is 167 cm³/mol. The molecule has 3 aliphatic rings. The molecule has 46 heavy (non-hydrogen) atoms. The van der Waals surface area contributed by atoms with Gasteiger partial charge in [0.25, 0.3) is 11.8 Å². The van der Waals surface area contributed by atoms with Crippen molar-refractivity contribution in [3.63, 3.8) is 0 Å². The summed E-state index contributed by atoms with van der Waals surface area (Å²) < 4.78 is 22.4. The number of carbonyl (C=O) groups is 5. The van der Waals surface area contributed by atoms with Gasteiger partial charge in [-0.25, -0.2) is 14.4 Å². The molecule has 1 atom stereocenters. The number of imide groups is 2. The smallest absolute Gasteiger partial charge is 0.265 e. The average molecular weight is 669 g/mol. The van der Waals surface area contributed by atoms with E-state index in [1.165, 1.54) is 35.2 Å². The summed E-state index contributed by atoms with van der Waals surface area (Å²) in [6.45, 7) is 7.46. The average Bonchev–Trinajstić information content (AvgIpc) is 3.73. The monoisotopic (exact) mass is 668 g/mol. The van der Waals surface area contributed by atoms with Crippen LogP contribution in [0.5, 0.6) is 0 Å². The molecular formula is C31H33FN6O6S2. The standard InChI is InChI=1S/C31H33FN6O6S2/c1-31(2,3)20-12-33-22(44-20)15-45-23-13-34-30(46-23)36-26(40)16-8-10-37(11-9-16)14-17-4-5-18-24(25(17)32)29(43)38(28(18)42)19-6-7-21(39)35-27(19)41/h4-5,12-13,16,19H,6-11,14-15H2,1-3H3,(H,34,36,40)(H,35,39,41). The molecule has 2 aromatic heterocycles. The fourth-order valence-corrected chi connectivity index (χ4v) is 7.45. The van der Waals surface area contributed by atoms with Crippen LogP contribution in [-0.2, 0) is 32.1 Å². The van der Waals surface area contributed by atoms with E-state index in [1.807, 2.05) is 4.90 Å². The van der Waals surface area contributed by atoms with Crippen LogP contribution in [0.25, 0.3) is 0 Å². The number of piperidine rings is 2. The van der Waals surface area contributed by atoms with Gasteiger partial charge in [-0.2, -0.15) is 0 Å².